The smallest absolute Gasteiger partial charge is 0.118 e. The largest absolute Gasteiger partial charge is 0.497 e. The Balaban J connectivity index is 1.58. The van der Waals surface area contributed by atoms with Gasteiger partial charge in [0.1, 0.15) is 5.75 Å². The van der Waals surface area contributed by atoms with E-state index in [1.54, 1.807) is 7.11 Å². The van der Waals surface area contributed by atoms with Crippen LogP contribution in [0.4, 0.5) is 0 Å². The molecular formula is C16H24N2O. The molecule has 3 nitrogen and oxygen atoms in total. The summed E-state index contributed by atoms with van der Waals surface area (Å²) in [6, 6.07) is 10.5. The highest BCUT2D eigenvalue weighted by atomic mass is 16.5. The van der Waals surface area contributed by atoms with Crippen LogP contribution in [-0.4, -0.2) is 37.2 Å². The molecule has 0 spiro atoms. The number of likely N-dealkylation sites (tertiary alicyclic amines) is 1. The van der Waals surface area contributed by atoms with Crippen LogP contribution >= 0.6 is 0 Å². The Morgan fingerprint density at radius 3 is 2.53 bits per heavy atom. The number of benzene rings is 1. The number of rotatable bonds is 5. The second-order valence-electron chi connectivity index (χ2n) is 5.87. The van der Waals surface area contributed by atoms with Gasteiger partial charge in [-0.15, -0.1) is 0 Å². The molecule has 1 aliphatic heterocycles. The highest BCUT2D eigenvalue weighted by molar-refractivity contribution is 5.29. The molecule has 2 aliphatic rings. The summed E-state index contributed by atoms with van der Waals surface area (Å²) in [4.78, 5) is 2.59. The van der Waals surface area contributed by atoms with Gasteiger partial charge in [-0.3, -0.25) is 4.90 Å². The van der Waals surface area contributed by atoms with Gasteiger partial charge in [0.15, 0.2) is 0 Å². The van der Waals surface area contributed by atoms with E-state index in [1.807, 2.05) is 0 Å². The van der Waals surface area contributed by atoms with Gasteiger partial charge in [-0.1, -0.05) is 12.1 Å². The van der Waals surface area contributed by atoms with Crippen LogP contribution < -0.4 is 10.1 Å². The van der Waals surface area contributed by atoms with E-state index in [4.69, 9.17) is 4.74 Å². The van der Waals surface area contributed by atoms with Crippen molar-refractivity contribution in [1.82, 2.24) is 10.2 Å². The highest BCUT2D eigenvalue weighted by Gasteiger charge is 2.31. The first-order chi connectivity index (χ1) is 9.26. The first kappa shape index (κ1) is 12.9. The van der Waals surface area contributed by atoms with E-state index in [0.717, 1.165) is 11.8 Å². The Bertz CT molecular complexity index is 413. The van der Waals surface area contributed by atoms with Crippen molar-refractivity contribution in [1.29, 1.82) is 0 Å². The van der Waals surface area contributed by atoms with Gasteiger partial charge in [0, 0.05) is 31.2 Å². The number of hydrogen-bond acceptors (Lipinski definition) is 3. The Labute approximate surface area is 115 Å². The molecule has 2 unspecified atom stereocenters. The van der Waals surface area contributed by atoms with Crippen molar-refractivity contribution < 1.29 is 4.74 Å². The number of nitrogens with zero attached hydrogens (tertiary/aromatic N) is 1. The molecular weight excluding hydrogens is 236 g/mol. The molecule has 0 aromatic heterocycles. The fourth-order valence-corrected chi connectivity index (χ4v) is 2.95. The predicted molar refractivity (Wildman–Crippen MR) is 77.5 cm³/mol. The van der Waals surface area contributed by atoms with Gasteiger partial charge in [-0.05, 0) is 43.9 Å². The van der Waals surface area contributed by atoms with Crippen molar-refractivity contribution in [3.8, 4) is 5.75 Å². The molecule has 3 heteroatoms. The fraction of sp³-hybridized carbons (Fsp3) is 0.625. The maximum atomic E-state index is 5.22. The molecule has 104 valence electrons. The standard InChI is InChI=1S/C16H24N2O/c1-12(13-3-7-16(19-2)8-4-13)18-10-9-15(11-18)17-14-5-6-14/h3-4,7-8,12,14-15,17H,5-6,9-11H2,1-2H3. The SMILES string of the molecule is COc1ccc(C(C)N2CCC(NC3CC3)C2)cc1. The predicted octanol–water partition coefficient (Wildman–Crippen LogP) is 2.58. The molecule has 1 saturated heterocycles. The minimum atomic E-state index is 0.497. The molecule has 1 saturated carbocycles. The fourth-order valence-electron chi connectivity index (χ4n) is 2.95. The molecule has 0 amide bonds. The van der Waals surface area contributed by atoms with Crippen molar-refractivity contribution in [2.24, 2.45) is 0 Å². The maximum Gasteiger partial charge on any atom is 0.118 e. The molecule has 1 N–H and O–H groups in total. The summed E-state index contributed by atoms with van der Waals surface area (Å²) in [7, 11) is 1.72. The van der Waals surface area contributed by atoms with Crippen molar-refractivity contribution in [3.63, 3.8) is 0 Å². The summed E-state index contributed by atoms with van der Waals surface area (Å²) in [5.74, 6) is 0.936. The molecule has 2 atom stereocenters. The molecule has 1 aliphatic carbocycles. The molecule has 1 aromatic rings. The van der Waals surface area contributed by atoms with Crippen LogP contribution in [0.5, 0.6) is 5.75 Å². The van der Waals surface area contributed by atoms with Crippen molar-refractivity contribution in [3.05, 3.63) is 29.8 Å². The second-order valence-corrected chi connectivity index (χ2v) is 5.87. The Morgan fingerprint density at radius 2 is 1.89 bits per heavy atom. The Hall–Kier alpha value is -1.06. The van der Waals surface area contributed by atoms with Crippen molar-refractivity contribution in [2.75, 3.05) is 20.2 Å². The zero-order valence-corrected chi connectivity index (χ0v) is 11.9. The average molecular weight is 260 g/mol. The van der Waals surface area contributed by atoms with E-state index >= 15 is 0 Å². The third-order valence-electron chi connectivity index (χ3n) is 4.41. The van der Waals surface area contributed by atoms with E-state index in [9.17, 15) is 0 Å². The van der Waals surface area contributed by atoms with Gasteiger partial charge in [0.05, 0.1) is 7.11 Å². The number of hydrogen-bond donors (Lipinski definition) is 1. The second kappa shape index (κ2) is 5.51. The third kappa shape index (κ3) is 3.10. The Morgan fingerprint density at radius 1 is 1.16 bits per heavy atom. The summed E-state index contributed by atoms with van der Waals surface area (Å²) in [5, 5.41) is 3.75. The maximum absolute atomic E-state index is 5.22. The number of ether oxygens (including phenoxy) is 1. The summed E-state index contributed by atoms with van der Waals surface area (Å²) in [5.41, 5.74) is 1.38. The number of methoxy groups -OCH3 is 1. The zero-order chi connectivity index (χ0) is 13.2. The van der Waals surface area contributed by atoms with Crippen LogP contribution in [0.25, 0.3) is 0 Å². The van der Waals surface area contributed by atoms with Gasteiger partial charge < -0.3 is 10.1 Å². The summed E-state index contributed by atoms with van der Waals surface area (Å²) in [6.07, 6.45) is 4.05. The molecule has 1 aromatic carbocycles. The van der Waals surface area contributed by atoms with Crippen LogP contribution in [0, 0.1) is 0 Å². The van der Waals surface area contributed by atoms with Crippen LogP contribution in [0.1, 0.15) is 37.8 Å². The van der Waals surface area contributed by atoms with Gasteiger partial charge in [-0.2, -0.15) is 0 Å². The first-order valence-corrected chi connectivity index (χ1v) is 7.40. The number of nitrogens with one attached hydrogen (secondary N) is 1. The summed E-state index contributed by atoms with van der Waals surface area (Å²) >= 11 is 0. The molecule has 2 fully saturated rings. The van der Waals surface area contributed by atoms with Crippen LogP contribution in [0.2, 0.25) is 0 Å². The molecule has 0 bridgehead atoms. The quantitative estimate of drug-likeness (QED) is 0.880. The van der Waals surface area contributed by atoms with Gasteiger partial charge in [0.25, 0.3) is 0 Å². The monoisotopic (exact) mass is 260 g/mol. The molecule has 1 heterocycles. The van der Waals surface area contributed by atoms with E-state index in [-0.39, 0.29) is 0 Å². The lowest BCUT2D eigenvalue weighted by molar-refractivity contribution is 0.255. The van der Waals surface area contributed by atoms with Gasteiger partial charge in [0.2, 0.25) is 0 Å². The summed E-state index contributed by atoms with van der Waals surface area (Å²) < 4.78 is 5.22. The normalized spacial score (nSPS) is 25.5. The lowest BCUT2D eigenvalue weighted by Gasteiger charge is -2.25. The lowest BCUT2D eigenvalue weighted by atomic mass is 10.1. The van der Waals surface area contributed by atoms with Gasteiger partial charge >= 0.3 is 0 Å². The molecule has 0 radical (unpaired) electrons. The minimum absolute atomic E-state index is 0.497. The van der Waals surface area contributed by atoms with E-state index in [0.29, 0.717) is 12.1 Å². The van der Waals surface area contributed by atoms with E-state index in [1.165, 1.54) is 37.9 Å². The lowest BCUT2D eigenvalue weighted by Crippen LogP contribution is -2.34. The van der Waals surface area contributed by atoms with Crippen LogP contribution in [0.15, 0.2) is 24.3 Å². The molecule has 19 heavy (non-hydrogen) atoms. The van der Waals surface area contributed by atoms with Gasteiger partial charge in [-0.25, -0.2) is 0 Å². The van der Waals surface area contributed by atoms with E-state index in [2.05, 4.69) is 41.4 Å². The zero-order valence-electron chi connectivity index (χ0n) is 11.9. The Kier molecular flexibility index (Phi) is 3.76. The first-order valence-electron chi connectivity index (χ1n) is 7.40. The minimum Gasteiger partial charge on any atom is -0.497 e. The average Bonchev–Trinajstić information content (AvgIpc) is 3.14. The van der Waals surface area contributed by atoms with E-state index < -0.39 is 0 Å². The van der Waals surface area contributed by atoms with Crippen molar-refractivity contribution >= 4 is 0 Å². The van der Waals surface area contributed by atoms with Crippen LogP contribution in [0.3, 0.4) is 0 Å². The highest BCUT2D eigenvalue weighted by Crippen LogP contribution is 2.28. The van der Waals surface area contributed by atoms with Crippen molar-refractivity contribution in [2.45, 2.75) is 44.3 Å². The van der Waals surface area contributed by atoms with Crippen LogP contribution in [-0.2, 0) is 0 Å². The third-order valence-corrected chi connectivity index (χ3v) is 4.41. The summed E-state index contributed by atoms with van der Waals surface area (Å²) in [6.45, 7) is 4.70. The molecule has 3 rings (SSSR count). The topological polar surface area (TPSA) is 24.5 Å².